The van der Waals surface area contributed by atoms with Crippen molar-refractivity contribution in [2.24, 2.45) is 5.10 Å². The molecule has 0 aliphatic heterocycles. The minimum Gasteiger partial charge on any atom is -0.497 e. The molecule has 4 aromatic rings. The van der Waals surface area contributed by atoms with Gasteiger partial charge in [-0.2, -0.15) is 5.10 Å². The molecule has 0 bridgehead atoms. The summed E-state index contributed by atoms with van der Waals surface area (Å²) in [5.74, 6) is 0.510. The number of amides is 1. The molecule has 33 heavy (non-hydrogen) atoms. The van der Waals surface area contributed by atoms with Crippen LogP contribution in [0.2, 0.25) is 0 Å². The molecule has 1 amide bonds. The number of carbonyl (C=O) groups is 1. The van der Waals surface area contributed by atoms with Crippen LogP contribution in [-0.2, 0) is 0 Å². The van der Waals surface area contributed by atoms with Crippen LogP contribution in [0.5, 0.6) is 5.75 Å². The molecule has 1 heterocycles. The van der Waals surface area contributed by atoms with Crippen LogP contribution in [0, 0.1) is 13.8 Å². The van der Waals surface area contributed by atoms with Gasteiger partial charge in [0.2, 0.25) is 0 Å². The molecule has 7 heteroatoms. The summed E-state index contributed by atoms with van der Waals surface area (Å²) in [6.07, 6.45) is 1.62. The standard InChI is InChI=1S/C26H24N4O2S/c1-17-4-11-22(12-5-17)28-26-29-24(16-33-26)19-6-8-20(9-7-19)25(31)30-27-15-21-10-13-23(32-3)14-18(21)2/h4-16H,1-3H3,(H,28,29)(H,30,31)/b27-15-. The summed E-state index contributed by atoms with van der Waals surface area (Å²) in [6, 6.07) is 21.2. The van der Waals surface area contributed by atoms with E-state index in [4.69, 9.17) is 4.74 Å². The number of thiazole rings is 1. The van der Waals surface area contributed by atoms with Gasteiger partial charge in [-0.05, 0) is 67.4 Å². The number of benzene rings is 3. The molecule has 0 spiro atoms. The number of hydrazone groups is 1. The quantitative estimate of drug-likeness (QED) is 0.266. The lowest BCUT2D eigenvalue weighted by atomic mass is 10.1. The number of anilines is 2. The van der Waals surface area contributed by atoms with E-state index >= 15 is 0 Å². The van der Waals surface area contributed by atoms with E-state index in [0.717, 1.165) is 39.0 Å². The van der Waals surface area contributed by atoms with Gasteiger partial charge in [-0.1, -0.05) is 29.8 Å². The maximum Gasteiger partial charge on any atom is 0.271 e. The third-order valence-corrected chi connectivity index (χ3v) is 5.85. The predicted molar refractivity (Wildman–Crippen MR) is 135 cm³/mol. The van der Waals surface area contributed by atoms with E-state index in [2.05, 4.69) is 39.9 Å². The highest BCUT2D eigenvalue weighted by Crippen LogP contribution is 2.27. The van der Waals surface area contributed by atoms with Crippen LogP contribution in [0.3, 0.4) is 0 Å². The van der Waals surface area contributed by atoms with E-state index in [1.165, 1.54) is 16.9 Å². The molecule has 4 rings (SSSR count). The Morgan fingerprint density at radius 1 is 1.03 bits per heavy atom. The Hall–Kier alpha value is -3.97. The molecule has 0 fully saturated rings. The first-order valence-corrected chi connectivity index (χ1v) is 11.3. The van der Waals surface area contributed by atoms with Gasteiger partial charge in [-0.15, -0.1) is 11.3 Å². The van der Waals surface area contributed by atoms with Crippen LogP contribution in [0.25, 0.3) is 11.3 Å². The molecule has 166 valence electrons. The zero-order valence-corrected chi connectivity index (χ0v) is 19.4. The number of methoxy groups -OCH3 is 1. The summed E-state index contributed by atoms with van der Waals surface area (Å²) in [6.45, 7) is 4.02. The van der Waals surface area contributed by atoms with Gasteiger partial charge in [-0.3, -0.25) is 4.79 Å². The Morgan fingerprint density at radius 2 is 1.79 bits per heavy atom. The molecule has 6 nitrogen and oxygen atoms in total. The van der Waals surface area contributed by atoms with E-state index in [9.17, 15) is 4.79 Å². The Balaban J connectivity index is 1.37. The second-order valence-corrected chi connectivity index (χ2v) is 8.39. The maximum atomic E-state index is 12.4. The predicted octanol–water partition coefficient (Wildman–Crippen LogP) is 5.94. The van der Waals surface area contributed by atoms with Crippen LogP contribution in [0.15, 0.2) is 77.2 Å². The fourth-order valence-electron chi connectivity index (χ4n) is 3.16. The third-order valence-electron chi connectivity index (χ3n) is 5.10. The summed E-state index contributed by atoms with van der Waals surface area (Å²) in [5, 5.41) is 10.2. The highest BCUT2D eigenvalue weighted by atomic mass is 32.1. The number of hydrogen-bond donors (Lipinski definition) is 2. The summed E-state index contributed by atoms with van der Waals surface area (Å²) >= 11 is 1.54. The van der Waals surface area contributed by atoms with Crippen molar-refractivity contribution in [2.45, 2.75) is 13.8 Å². The van der Waals surface area contributed by atoms with Crippen molar-refractivity contribution in [2.75, 3.05) is 12.4 Å². The number of nitrogens with zero attached hydrogens (tertiary/aromatic N) is 2. The molecule has 0 aliphatic rings. The number of ether oxygens (including phenoxy) is 1. The van der Waals surface area contributed by atoms with Gasteiger partial charge in [0, 0.05) is 22.2 Å². The lowest BCUT2D eigenvalue weighted by Crippen LogP contribution is -2.17. The maximum absolute atomic E-state index is 12.4. The number of aromatic nitrogens is 1. The van der Waals surface area contributed by atoms with E-state index < -0.39 is 0 Å². The number of aryl methyl sites for hydroxylation is 2. The Kier molecular flexibility index (Phi) is 6.80. The van der Waals surface area contributed by atoms with E-state index in [-0.39, 0.29) is 5.91 Å². The summed E-state index contributed by atoms with van der Waals surface area (Å²) in [5.41, 5.74) is 9.03. The molecule has 3 aromatic carbocycles. The summed E-state index contributed by atoms with van der Waals surface area (Å²) in [4.78, 5) is 17.1. The molecule has 2 N–H and O–H groups in total. The minimum atomic E-state index is -0.274. The zero-order valence-electron chi connectivity index (χ0n) is 18.6. The molecule has 0 radical (unpaired) electrons. The van der Waals surface area contributed by atoms with Gasteiger partial charge in [-0.25, -0.2) is 10.4 Å². The lowest BCUT2D eigenvalue weighted by molar-refractivity contribution is 0.0955. The van der Waals surface area contributed by atoms with Gasteiger partial charge >= 0.3 is 0 Å². The summed E-state index contributed by atoms with van der Waals surface area (Å²) < 4.78 is 5.20. The van der Waals surface area contributed by atoms with Crippen molar-refractivity contribution in [3.63, 3.8) is 0 Å². The van der Waals surface area contributed by atoms with Crippen molar-refractivity contribution < 1.29 is 9.53 Å². The first-order valence-electron chi connectivity index (χ1n) is 10.4. The van der Waals surface area contributed by atoms with Crippen molar-refractivity contribution in [3.05, 3.63) is 94.4 Å². The average Bonchev–Trinajstić information content (AvgIpc) is 3.30. The molecular formula is C26H24N4O2S. The topological polar surface area (TPSA) is 75.6 Å². The largest absolute Gasteiger partial charge is 0.497 e. The highest BCUT2D eigenvalue weighted by Gasteiger charge is 2.08. The van der Waals surface area contributed by atoms with Crippen LogP contribution >= 0.6 is 11.3 Å². The molecular weight excluding hydrogens is 432 g/mol. The molecule has 0 aliphatic carbocycles. The average molecular weight is 457 g/mol. The van der Waals surface area contributed by atoms with E-state index in [1.807, 2.05) is 54.8 Å². The van der Waals surface area contributed by atoms with E-state index in [0.29, 0.717) is 5.56 Å². The van der Waals surface area contributed by atoms with Gasteiger partial charge in [0.15, 0.2) is 5.13 Å². The Bertz CT molecular complexity index is 1280. The normalized spacial score (nSPS) is 10.9. The first kappa shape index (κ1) is 22.2. The molecule has 1 aromatic heterocycles. The zero-order chi connectivity index (χ0) is 23.2. The van der Waals surface area contributed by atoms with Crippen molar-refractivity contribution in [1.29, 1.82) is 0 Å². The second-order valence-electron chi connectivity index (χ2n) is 7.53. The third kappa shape index (κ3) is 5.64. The SMILES string of the molecule is COc1ccc(/C=N\NC(=O)c2ccc(-c3csc(Nc4ccc(C)cc4)n3)cc2)c(C)c1. The monoisotopic (exact) mass is 456 g/mol. The van der Waals surface area contributed by atoms with Crippen LogP contribution < -0.4 is 15.5 Å². The second kappa shape index (κ2) is 10.1. The smallest absolute Gasteiger partial charge is 0.271 e. The Labute approximate surface area is 197 Å². The first-order chi connectivity index (χ1) is 16.0. The van der Waals surface area contributed by atoms with E-state index in [1.54, 1.807) is 25.5 Å². The fourth-order valence-corrected chi connectivity index (χ4v) is 3.90. The lowest BCUT2D eigenvalue weighted by Gasteiger charge is -2.04. The minimum absolute atomic E-state index is 0.274. The van der Waals surface area contributed by atoms with Crippen LogP contribution in [-0.4, -0.2) is 24.2 Å². The van der Waals surface area contributed by atoms with Gasteiger partial charge in [0.05, 0.1) is 19.0 Å². The van der Waals surface area contributed by atoms with Crippen LogP contribution in [0.1, 0.15) is 27.0 Å². The molecule has 0 saturated carbocycles. The van der Waals surface area contributed by atoms with Crippen molar-refractivity contribution in [1.82, 2.24) is 10.4 Å². The van der Waals surface area contributed by atoms with Crippen LogP contribution in [0.4, 0.5) is 10.8 Å². The van der Waals surface area contributed by atoms with Crippen molar-refractivity contribution in [3.8, 4) is 17.0 Å². The van der Waals surface area contributed by atoms with Crippen molar-refractivity contribution >= 4 is 34.3 Å². The molecule has 0 unspecified atom stereocenters. The molecule has 0 saturated heterocycles. The number of hydrogen-bond acceptors (Lipinski definition) is 6. The highest BCUT2D eigenvalue weighted by molar-refractivity contribution is 7.14. The fraction of sp³-hybridized carbons (Fsp3) is 0.115. The number of nitrogens with one attached hydrogen (secondary N) is 2. The van der Waals surface area contributed by atoms with Gasteiger partial charge < -0.3 is 10.1 Å². The number of rotatable bonds is 7. The Morgan fingerprint density at radius 3 is 2.48 bits per heavy atom. The van der Waals surface area contributed by atoms with Gasteiger partial charge in [0.25, 0.3) is 5.91 Å². The number of carbonyl (C=O) groups excluding carboxylic acids is 1. The summed E-state index contributed by atoms with van der Waals surface area (Å²) in [7, 11) is 1.63. The van der Waals surface area contributed by atoms with Gasteiger partial charge in [0.1, 0.15) is 5.75 Å². The molecule has 0 atom stereocenters.